The minimum atomic E-state index is -0.282. The quantitative estimate of drug-likeness (QED) is 0.685. The van der Waals surface area contributed by atoms with Crippen molar-refractivity contribution in [1.29, 1.82) is 0 Å². The fourth-order valence-electron chi connectivity index (χ4n) is 5.65. The minimum Gasteiger partial charge on any atom is -0.383 e. The molecule has 0 aliphatic heterocycles. The van der Waals surface area contributed by atoms with Gasteiger partial charge < -0.3 is 5.73 Å². The number of thioether (sulfide) groups is 1. The van der Waals surface area contributed by atoms with Gasteiger partial charge in [0, 0.05) is 12.7 Å². The van der Waals surface area contributed by atoms with Gasteiger partial charge in [0.25, 0.3) is 0 Å². The van der Waals surface area contributed by atoms with Crippen molar-refractivity contribution >= 4 is 25.4 Å². The van der Waals surface area contributed by atoms with Crippen molar-refractivity contribution in [3.05, 3.63) is 22.7 Å². The summed E-state index contributed by atoms with van der Waals surface area (Å²) in [4.78, 5) is 16.3. The Hall–Kier alpha value is -0.905. The zero-order chi connectivity index (χ0) is 20.4. The van der Waals surface area contributed by atoms with Gasteiger partial charge in [0.2, 0.25) is 0 Å². The first-order valence-electron chi connectivity index (χ1n) is 10.9. The summed E-state index contributed by atoms with van der Waals surface area (Å²) in [5.74, 6) is 1.71. The molecule has 2 radical (unpaired) electrons. The molecule has 4 atom stereocenters. The van der Waals surface area contributed by atoms with Crippen molar-refractivity contribution in [1.82, 2.24) is 9.55 Å². The summed E-state index contributed by atoms with van der Waals surface area (Å²) in [6.45, 7) is 5.52. The molecule has 28 heavy (non-hydrogen) atoms. The Morgan fingerprint density at radius 2 is 2.07 bits per heavy atom. The predicted molar refractivity (Wildman–Crippen MR) is 121 cm³/mol. The first kappa shape index (κ1) is 21.8. The van der Waals surface area contributed by atoms with Crippen molar-refractivity contribution in [2.45, 2.75) is 82.8 Å². The summed E-state index contributed by atoms with van der Waals surface area (Å²) in [5, 5.41) is 0. The first-order chi connectivity index (χ1) is 13.3. The molecule has 2 saturated carbocycles. The van der Waals surface area contributed by atoms with Crippen LogP contribution >= 0.6 is 11.8 Å². The van der Waals surface area contributed by atoms with Crippen LogP contribution in [-0.2, 0) is 6.54 Å². The van der Waals surface area contributed by atoms with Crippen LogP contribution in [0.15, 0.2) is 17.1 Å². The maximum atomic E-state index is 12.4. The molecule has 4 unspecified atom stereocenters. The standard InChI is InChI=1S/C22H36BN3OS/c1-16(8-13-21(2)10-4-5-11-21)17-7-6-12-22(23,28-3)18(17)15-26-14-9-19(24)25-20(26)27/h9,14,16-18H,4-8,10-13,15H2,1-3H3,(H2,24,25,27). The Morgan fingerprint density at radius 1 is 1.36 bits per heavy atom. The van der Waals surface area contributed by atoms with Crippen molar-refractivity contribution in [3.63, 3.8) is 0 Å². The number of rotatable bonds is 7. The molecule has 1 aromatic rings. The third-order valence-corrected chi connectivity index (χ3v) is 8.93. The van der Waals surface area contributed by atoms with Crippen LogP contribution in [-0.4, -0.2) is 28.3 Å². The third kappa shape index (κ3) is 4.80. The van der Waals surface area contributed by atoms with Crippen LogP contribution in [0.5, 0.6) is 0 Å². The van der Waals surface area contributed by atoms with Crippen molar-refractivity contribution in [3.8, 4) is 0 Å². The number of aromatic nitrogens is 2. The predicted octanol–water partition coefficient (Wildman–Crippen LogP) is 4.47. The minimum absolute atomic E-state index is 0.265. The lowest BCUT2D eigenvalue weighted by Crippen LogP contribution is -2.48. The number of anilines is 1. The Balaban J connectivity index is 1.77. The van der Waals surface area contributed by atoms with Crippen LogP contribution in [0.25, 0.3) is 0 Å². The molecule has 154 valence electrons. The molecule has 4 nitrogen and oxygen atoms in total. The Labute approximate surface area is 175 Å². The molecule has 2 fully saturated rings. The topological polar surface area (TPSA) is 60.9 Å². The van der Waals surface area contributed by atoms with Crippen LogP contribution in [0.4, 0.5) is 5.82 Å². The smallest absolute Gasteiger partial charge is 0.349 e. The van der Waals surface area contributed by atoms with E-state index in [2.05, 4.69) is 25.1 Å². The van der Waals surface area contributed by atoms with Crippen molar-refractivity contribution < 1.29 is 0 Å². The number of hydrogen-bond donors (Lipinski definition) is 1. The van der Waals surface area contributed by atoms with Crippen LogP contribution < -0.4 is 11.4 Å². The SMILES string of the molecule is [B]C1(SC)CCCC(C(C)CCC2(C)CCCC2)C1Cn1ccc(N)nc1=O. The molecule has 0 spiro atoms. The van der Waals surface area contributed by atoms with E-state index in [0.29, 0.717) is 23.8 Å². The van der Waals surface area contributed by atoms with E-state index in [0.717, 1.165) is 6.42 Å². The van der Waals surface area contributed by atoms with E-state index in [1.807, 2.05) is 0 Å². The van der Waals surface area contributed by atoms with Crippen molar-refractivity contribution in [2.24, 2.45) is 23.2 Å². The first-order valence-corrected chi connectivity index (χ1v) is 12.2. The molecule has 2 aliphatic carbocycles. The van der Waals surface area contributed by atoms with Crippen LogP contribution in [0.1, 0.15) is 71.6 Å². The summed E-state index contributed by atoms with van der Waals surface area (Å²) in [6, 6.07) is 1.71. The highest BCUT2D eigenvalue weighted by Crippen LogP contribution is 2.49. The summed E-state index contributed by atoms with van der Waals surface area (Å²) in [7, 11) is 6.91. The summed E-state index contributed by atoms with van der Waals surface area (Å²) < 4.78 is 1.43. The van der Waals surface area contributed by atoms with Crippen LogP contribution in [0.2, 0.25) is 0 Å². The zero-order valence-corrected chi connectivity index (χ0v) is 18.6. The molecular weight excluding hydrogens is 365 g/mol. The highest BCUT2D eigenvalue weighted by molar-refractivity contribution is 8.01. The molecule has 2 aliphatic rings. The van der Waals surface area contributed by atoms with Gasteiger partial charge in [-0.05, 0) is 78.7 Å². The summed E-state index contributed by atoms with van der Waals surface area (Å²) in [5.41, 5.74) is 5.95. The molecule has 0 saturated heterocycles. The molecule has 2 N–H and O–H groups in total. The van der Waals surface area contributed by atoms with E-state index >= 15 is 0 Å². The summed E-state index contributed by atoms with van der Waals surface area (Å²) in [6.07, 6.45) is 15.4. The second kappa shape index (κ2) is 8.85. The Kier molecular flexibility index (Phi) is 6.89. The van der Waals surface area contributed by atoms with Gasteiger partial charge in [-0.2, -0.15) is 16.7 Å². The van der Waals surface area contributed by atoms with E-state index in [1.165, 1.54) is 51.4 Å². The van der Waals surface area contributed by atoms with E-state index < -0.39 is 0 Å². The fourth-order valence-corrected chi connectivity index (χ4v) is 6.55. The highest BCUT2D eigenvalue weighted by Gasteiger charge is 2.43. The Morgan fingerprint density at radius 3 is 2.71 bits per heavy atom. The average molecular weight is 401 g/mol. The largest absolute Gasteiger partial charge is 0.383 e. The molecule has 3 rings (SSSR count). The van der Waals surface area contributed by atoms with Crippen LogP contribution in [0.3, 0.4) is 0 Å². The lowest BCUT2D eigenvalue weighted by Gasteiger charge is -2.48. The van der Waals surface area contributed by atoms with Gasteiger partial charge in [0.15, 0.2) is 0 Å². The average Bonchev–Trinajstić information content (AvgIpc) is 3.10. The van der Waals surface area contributed by atoms with Gasteiger partial charge in [0.1, 0.15) is 5.82 Å². The molecule has 1 aromatic heterocycles. The highest BCUT2D eigenvalue weighted by atomic mass is 32.2. The zero-order valence-electron chi connectivity index (χ0n) is 17.8. The van der Waals surface area contributed by atoms with E-state index in [-0.39, 0.29) is 22.1 Å². The summed E-state index contributed by atoms with van der Waals surface area (Å²) >= 11 is 1.77. The van der Waals surface area contributed by atoms with E-state index in [4.69, 9.17) is 13.6 Å². The Bertz CT molecular complexity index is 718. The van der Waals surface area contributed by atoms with E-state index in [1.54, 1.807) is 28.6 Å². The normalized spacial score (nSPS) is 31.0. The maximum Gasteiger partial charge on any atom is 0.349 e. The van der Waals surface area contributed by atoms with Gasteiger partial charge in [-0.25, -0.2) is 4.79 Å². The number of nitrogens with two attached hydrogens (primary N) is 1. The van der Waals surface area contributed by atoms with Gasteiger partial charge in [-0.3, -0.25) is 4.57 Å². The lowest BCUT2D eigenvalue weighted by molar-refractivity contribution is 0.125. The maximum absolute atomic E-state index is 12.4. The number of hydrogen-bond acceptors (Lipinski definition) is 4. The van der Waals surface area contributed by atoms with E-state index in [9.17, 15) is 4.79 Å². The molecule has 0 aromatic carbocycles. The molecule has 1 heterocycles. The lowest BCUT2D eigenvalue weighted by atomic mass is 9.59. The molecule has 0 amide bonds. The monoisotopic (exact) mass is 401 g/mol. The third-order valence-electron chi connectivity index (χ3n) is 7.66. The van der Waals surface area contributed by atoms with Gasteiger partial charge in [-0.15, -0.1) is 0 Å². The van der Waals surface area contributed by atoms with Crippen molar-refractivity contribution in [2.75, 3.05) is 12.0 Å². The number of nitrogens with zero attached hydrogens (tertiary/aromatic N) is 2. The van der Waals surface area contributed by atoms with Crippen LogP contribution in [0, 0.1) is 23.2 Å². The van der Waals surface area contributed by atoms with Gasteiger partial charge >= 0.3 is 5.69 Å². The number of nitrogen functional groups attached to an aromatic ring is 1. The molecule has 0 bridgehead atoms. The molecular formula is C22H36BN3OS. The van der Waals surface area contributed by atoms with Gasteiger partial charge in [0.05, 0.1) is 7.85 Å². The second-order valence-corrected chi connectivity index (χ2v) is 10.8. The van der Waals surface area contributed by atoms with Gasteiger partial charge in [-0.1, -0.05) is 33.1 Å². The fraction of sp³-hybridized carbons (Fsp3) is 0.818. The molecule has 6 heteroatoms. The second-order valence-electron chi connectivity index (χ2n) is 9.64.